The van der Waals surface area contributed by atoms with Crippen molar-refractivity contribution in [2.75, 3.05) is 19.5 Å². The first-order chi connectivity index (χ1) is 15.6. The highest BCUT2D eigenvalue weighted by atomic mass is 32.1. The number of nitrogens with zero attached hydrogens (tertiary/aromatic N) is 2. The van der Waals surface area contributed by atoms with Crippen LogP contribution in [0.2, 0.25) is 0 Å². The number of benzene rings is 2. The molecule has 32 heavy (non-hydrogen) atoms. The molecule has 0 bridgehead atoms. The van der Waals surface area contributed by atoms with Gasteiger partial charge in [-0.3, -0.25) is 4.79 Å². The molecular weight excluding hydrogens is 424 g/mol. The molecule has 2 aromatic carbocycles. The molecule has 2 aromatic heterocycles. The van der Waals surface area contributed by atoms with Gasteiger partial charge in [0.1, 0.15) is 15.7 Å². The monoisotopic (exact) mass is 448 g/mol. The van der Waals surface area contributed by atoms with Gasteiger partial charge in [0, 0.05) is 17.2 Å². The summed E-state index contributed by atoms with van der Waals surface area (Å²) in [5.41, 5.74) is 4.16. The van der Waals surface area contributed by atoms with E-state index >= 15 is 0 Å². The lowest BCUT2D eigenvalue weighted by molar-refractivity contribution is 0.103. The molecule has 1 aliphatic rings. The van der Waals surface area contributed by atoms with Crippen molar-refractivity contribution in [2.24, 2.45) is 0 Å². The molecular formula is C24H24N4O3S. The van der Waals surface area contributed by atoms with Crippen molar-refractivity contribution in [3.05, 3.63) is 52.8 Å². The minimum atomic E-state index is -0.176. The van der Waals surface area contributed by atoms with Crippen molar-refractivity contribution in [3.63, 3.8) is 0 Å². The molecule has 4 aromatic rings. The van der Waals surface area contributed by atoms with Crippen LogP contribution in [0.1, 0.15) is 46.4 Å². The molecule has 2 N–H and O–H groups in total. The van der Waals surface area contributed by atoms with Gasteiger partial charge in [-0.1, -0.05) is 6.42 Å². The van der Waals surface area contributed by atoms with E-state index in [1.54, 1.807) is 14.2 Å². The van der Waals surface area contributed by atoms with Crippen LogP contribution in [-0.2, 0) is 0 Å². The van der Waals surface area contributed by atoms with E-state index in [-0.39, 0.29) is 5.91 Å². The second kappa shape index (κ2) is 8.27. The van der Waals surface area contributed by atoms with Crippen LogP contribution in [0, 0.1) is 6.92 Å². The van der Waals surface area contributed by atoms with Crippen molar-refractivity contribution in [3.8, 4) is 22.1 Å². The molecule has 1 aliphatic carbocycles. The highest BCUT2D eigenvalue weighted by Crippen LogP contribution is 2.37. The number of amides is 1. The topological polar surface area (TPSA) is 89.1 Å². The average Bonchev–Trinajstić information content (AvgIpc) is 3.34. The first-order valence-corrected chi connectivity index (χ1v) is 11.4. The summed E-state index contributed by atoms with van der Waals surface area (Å²) in [5, 5.41) is 3.75. The maximum Gasteiger partial charge on any atom is 0.267 e. The highest BCUT2D eigenvalue weighted by molar-refractivity contribution is 7.17. The Morgan fingerprint density at radius 1 is 1.09 bits per heavy atom. The van der Waals surface area contributed by atoms with Gasteiger partial charge >= 0.3 is 0 Å². The molecule has 0 saturated heterocycles. The number of methoxy groups -OCH3 is 2. The van der Waals surface area contributed by atoms with E-state index in [0.717, 1.165) is 33.1 Å². The van der Waals surface area contributed by atoms with Crippen molar-refractivity contribution in [1.29, 1.82) is 0 Å². The smallest absolute Gasteiger partial charge is 0.267 e. The SMILES string of the molecule is COc1ccc(-c2nc(C)c(C(=O)Nc3ccc4nc(C5CCC5)[nH]c4c3)s2)cc1OC. The largest absolute Gasteiger partial charge is 0.493 e. The fraction of sp³-hybridized carbons (Fsp3) is 0.292. The van der Waals surface area contributed by atoms with Crippen LogP contribution >= 0.6 is 11.3 Å². The summed E-state index contributed by atoms with van der Waals surface area (Å²) in [6.45, 7) is 1.85. The van der Waals surface area contributed by atoms with Crippen molar-refractivity contribution in [2.45, 2.75) is 32.1 Å². The minimum absolute atomic E-state index is 0.176. The first kappa shape index (κ1) is 20.5. The number of aromatic amines is 1. The van der Waals surface area contributed by atoms with Crippen LogP contribution in [0.3, 0.4) is 0 Å². The van der Waals surface area contributed by atoms with E-state index in [2.05, 4.69) is 15.3 Å². The number of ether oxygens (including phenoxy) is 2. The van der Waals surface area contributed by atoms with Gasteiger partial charge in [-0.15, -0.1) is 11.3 Å². The number of nitrogens with one attached hydrogen (secondary N) is 2. The molecule has 0 aliphatic heterocycles. The van der Waals surface area contributed by atoms with E-state index in [9.17, 15) is 4.79 Å². The quantitative estimate of drug-likeness (QED) is 0.405. The van der Waals surface area contributed by atoms with Gasteiger partial charge in [0.2, 0.25) is 0 Å². The van der Waals surface area contributed by atoms with E-state index in [0.29, 0.717) is 28.0 Å². The van der Waals surface area contributed by atoms with E-state index in [4.69, 9.17) is 14.5 Å². The molecule has 7 nitrogen and oxygen atoms in total. The van der Waals surface area contributed by atoms with Crippen LogP contribution < -0.4 is 14.8 Å². The van der Waals surface area contributed by atoms with Gasteiger partial charge in [-0.05, 0) is 56.2 Å². The molecule has 0 radical (unpaired) electrons. The van der Waals surface area contributed by atoms with Crippen LogP contribution in [-0.4, -0.2) is 35.1 Å². The number of aryl methyl sites for hydroxylation is 1. The Bertz CT molecular complexity index is 1310. The lowest BCUT2D eigenvalue weighted by atomic mass is 9.85. The van der Waals surface area contributed by atoms with Gasteiger partial charge in [0.15, 0.2) is 11.5 Å². The Labute approximate surface area is 189 Å². The Balaban J connectivity index is 1.37. The number of hydrogen-bond donors (Lipinski definition) is 2. The molecule has 8 heteroatoms. The molecule has 0 atom stereocenters. The molecule has 0 spiro atoms. The summed E-state index contributed by atoms with van der Waals surface area (Å²) in [7, 11) is 3.20. The molecule has 2 heterocycles. The number of H-pyrrole nitrogens is 1. The molecule has 5 rings (SSSR count). The third-order valence-corrected chi connectivity index (χ3v) is 7.09. The standard InChI is InChI=1S/C24H24N4O3S/c1-13-21(32-24(25-13)15-7-10-19(30-2)20(11-15)31-3)23(29)26-16-8-9-17-18(12-16)28-22(27-17)14-5-4-6-14/h7-12,14H,4-6H2,1-3H3,(H,26,29)(H,27,28). The average molecular weight is 449 g/mol. The van der Waals surface area contributed by atoms with Gasteiger partial charge in [0.25, 0.3) is 5.91 Å². The Morgan fingerprint density at radius 3 is 2.62 bits per heavy atom. The zero-order valence-corrected chi connectivity index (χ0v) is 19.0. The number of carbonyl (C=O) groups is 1. The number of carbonyl (C=O) groups excluding carboxylic acids is 1. The fourth-order valence-electron chi connectivity index (χ4n) is 3.87. The summed E-state index contributed by atoms with van der Waals surface area (Å²) in [5.74, 6) is 2.68. The third-order valence-electron chi connectivity index (χ3n) is 5.88. The minimum Gasteiger partial charge on any atom is -0.493 e. The van der Waals surface area contributed by atoms with Crippen LogP contribution in [0.4, 0.5) is 5.69 Å². The number of aromatic nitrogens is 3. The molecule has 1 fully saturated rings. The highest BCUT2D eigenvalue weighted by Gasteiger charge is 2.23. The maximum absolute atomic E-state index is 13.0. The van der Waals surface area contributed by atoms with Crippen molar-refractivity contribution < 1.29 is 14.3 Å². The predicted octanol–water partition coefficient (Wildman–Crippen LogP) is 5.53. The first-order valence-electron chi connectivity index (χ1n) is 10.6. The predicted molar refractivity (Wildman–Crippen MR) is 126 cm³/mol. The van der Waals surface area contributed by atoms with E-state index < -0.39 is 0 Å². The Hall–Kier alpha value is -3.39. The molecule has 0 unspecified atom stereocenters. The van der Waals surface area contributed by atoms with Crippen LogP contribution in [0.5, 0.6) is 11.5 Å². The summed E-state index contributed by atoms with van der Waals surface area (Å²) < 4.78 is 10.7. The number of hydrogen-bond acceptors (Lipinski definition) is 6. The summed E-state index contributed by atoms with van der Waals surface area (Å²) in [6.07, 6.45) is 3.65. The lowest BCUT2D eigenvalue weighted by Gasteiger charge is -2.22. The summed E-state index contributed by atoms with van der Waals surface area (Å²) in [6, 6.07) is 11.4. The fourth-order valence-corrected chi connectivity index (χ4v) is 4.83. The molecule has 1 saturated carbocycles. The Kier molecular flexibility index (Phi) is 5.30. The van der Waals surface area contributed by atoms with Gasteiger partial charge in [0.05, 0.1) is 30.9 Å². The number of fused-ring (bicyclic) bond motifs is 1. The number of rotatable bonds is 6. The Morgan fingerprint density at radius 2 is 1.91 bits per heavy atom. The number of anilines is 1. The summed E-state index contributed by atoms with van der Waals surface area (Å²) >= 11 is 1.36. The molecule has 164 valence electrons. The third kappa shape index (κ3) is 3.71. The number of imidazole rings is 1. The van der Waals surface area contributed by atoms with Gasteiger partial charge in [-0.2, -0.15) is 0 Å². The lowest BCUT2D eigenvalue weighted by Crippen LogP contribution is -2.11. The maximum atomic E-state index is 13.0. The summed E-state index contributed by atoms with van der Waals surface area (Å²) in [4.78, 5) is 26.3. The second-order valence-electron chi connectivity index (χ2n) is 7.94. The van der Waals surface area contributed by atoms with Crippen LogP contribution in [0.15, 0.2) is 36.4 Å². The van der Waals surface area contributed by atoms with E-state index in [1.165, 1.54) is 30.6 Å². The van der Waals surface area contributed by atoms with Crippen LogP contribution in [0.25, 0.3) is 21.6 Å². The number of thiazole rings is 1. The van der Waals surface area contributed by atoms with Crippen molar-refractivity contribution in [1.82, 2.24) is 15.0 Å². The zero-order chi connectivity index (χ0) is 22.2. The second-order valence-corrected chi connectivity index (χ2v) is 8.94. The van der Waals surface area contributed by atoms with Gasteiger partial charge in [-0.25, -0.2) is 9.97 Å². The van der Waals surface area contributed by atoms with Crippen molar-refractivity contribution >= 4 is 34.0 Å². The normalized spacial score (nSPS) is 13.7. The van der Waals surface area contributed by atoms with E-state index in [1.807, 2.05) is 43.3 Å². The van der Waals surface area contributed by atoms with Gasteiger partial charge < -0.3 is 19.8 Å². The zero-order valence-electron chi connectivity index (χ0n) is 18.2. The molecule has 1 amide bonds.